The van der Waals surface area contributed by atoms with Crippen LogP contribution in [0.3, 0.4) is 0 Å². The lowest BCUT2D eigenvalue weighted by Crippen LogP contribution is -2.27. The van der Waals surface area contributed by atoms with Crippen LogP contribution in [0.1, 0.15) is 25.0 Å². The van der Waals surface area contributed by atoms with E-state index in [1.54, 1.807) is 6.07 Å². The Morgan fingerprint density at radius 3 is 2.45 bits per heavy atom. The first-order valence-corrected chi connectivity index (χ1v) is 7.19. The molecule has 0 heterocycles. The molecule has 0 radical (unpaired) electrons. The number of hydrogen-bond donors (Lipinski definition) is 1. The lowest BCUT2D eigenvalue weighted by atomic mass is 9.99. The Bertz CT molecular complexity index is 560. The lowest BCUT2D eigenvalue weighted by molar-refractivity contribution is 0.565. The van der Waals surface area contributed by atoms with E-state index in [1.165, 1.54) is 11.6 Å². The number of benzene rings is 2. The van der Waals surface area contributed by atoms with E-state index < -0.39 is 0 Å². The average Bonchev–Trinajstić information content (AvgIpc) is 2.43. The number of aryl methyl sites for hydroxylation is 1. The van der Waals surface area contributed by atoms with Crippen LogP contribution >= 0.6 is 0 Å². The molecular weight excluding hydrogens is 249 g/mol. The summed E-state index contributed by atoms with van der Waals surface area (Å²) in [5, 5.41) is 3.40. The van der Waals surface area contributed by atoms with Crippen LogP contribution in [0.15, 0.2) is 42.5 Å². The largest absolute Gasteiger partial charge is 0.314 e. The zero-order chi connectivity index (χ0) is 14.5. The minimum absolute atomic E-state index is 0.163. The summed E-state index contributed by atoms with van der Waals surface area (Å²) in [5.74, 6) is -0.163. The van der Waals surface area contributed by atoms with Crippen LogP contribution in [-0.4, -0.2) is 12.6 Å². The fourth-order valence-electron chi connectivity index (χ4n) is 2.45. The van der Waals surface area contributed by atoms with Gasteiger partial charge in [0.15, 0.2) is 0 Å². The Morgan fingerprint density at radius 1 is 1.10 bits per heavy atom. The van der Waals surface area contributed by atoms with Crippen molar-refractivity contribution < 1.29 is 4.39 Å². The Morgan fingerprint density at radius 2 is 1.80 bits per heavy atom. The molecule has 0 saturated heterocycles. The topological polar surface area (TPSA) is 12.0 Å². The molecule has 1 atom stereocenters. The first kappa shape index (κ1) is 14.7. The van der Waals surface area contributed by atoms with Crippen molar-refractivity contribution in [3.63, 3.8) is 0 Å². The smallest absolute Gasteiger partial charge is 0.131 e. The molecule has 0 saturated carbocycles. The molecule has 106 valence electrons. The number of hydrogen-bond acceptors (Lipinski definition) is 1. The van der Waals surface area contributed by atoms with Gasteiger partial charge in [-0.3, -0.25) is 0 Å². The maximum atomic E-state index is 13.9. The maximum Gasteiger partial charge on any atom is 0.131 e. The fourth-order valence-corrected chi connectivity index (χ4v) is 2.45. The molecule has 0 amide bonds. The van der Waals surface area contributed by atoms with Gasteiger partial charge in [0, 0.05) is 11.6 Å². The third-order valence-electron chi connectivity index (χ3n) is 3.48. The van der Waals surface area contributed by atoms with Crippen LogP contribution < -0.4 is 5.32 Å². The van der Waals surface area contributed by atoms with Crippen molar-refractivity contribution in [2.24, 2.45) is 0 Å². The van der Waals surface area contributed by atoms with Gasteiger partial charge in [0.2, 0.25) is 0 Å². The van der Waals surface area contributed by atoms with E-state index in [4.69, 9.17) is 0 Å². The summed E-state index contributed by atoms with van der Waals surface area (Å²) in [6, 6.07) is 13.9. The van der Waals surface area contributed by atoms with Crippen molar-refractivity contribution in [3.8, 4) is 11.1 Å². The molecule has 2 aromatic carbocycles. The Labute approximate surface area is 120 Å². The monoisotopic (exact) mass is 271 g/mol. The van der Waals surface area contributed by atoms with Gasteiger partial charge in [-0.1, -0.05) is 42.8 Å². The second-order valence-electron chi connectivity index (χ2n) is 5.34. The summed E-state index contributed by atoms with van der Waals surface area (Å²) in [6.45, 7) is 7.25. The summed E-state index contributed by atoms with van der Waals surface area (Å²) < 4.78 is 13.9. The Kier molecular flexibility index (Phi) is 4.91. The van der Waals surface area contributed by atoms with E-state index in [2.05, 4.69) is 31.3 Å². The zero-order valence-electron chi connectivity index (χ0n) is 12.4. The summed E-state index contributed by atoms with van der Waals surface area (Å²) in [7, 11) is 0. The second kappa shape index (κ2) is 6.67. The van der Waals surface area contributed by atoms with E-state index in [1.807, 2.05) is 25.1 Å². The Hall–Kier alpha value is -1.67. The van der Waals surface area contributed by atoms with E-state index in [0.717, 1.165) is 24.1 Å². The van der Waals surface area contributed by atoms with Crippen molar-refractivity contribution in [1.82, 2.24) is 5.32 Å². The molecule has 0 bridgehead atoms. The summed E-state index contributed by atoms with van der Waals surface area (Å²) >= 11 is 0. The fraction of sp³-hybridized carbons (Fsp3) is 0.333. The molecule has 1 unspecified atom stereocenters. The van der Waals surface area contributed by atoms with Crippen LogP contribution in [0.5, 0.6) is 0 Å². The lowest BCUT2D eigenvalue weighted by Gasteiger charge is -2.12. The highest BCUT2D eigenvalue weighted by Crippen LogP contribution is 2.24. The molecule has 0 aromatic heterocycles. The molecule has 1 nitrogen and oxygen atoms in total. The van der Waals surface area contributed by atoms with Gasteiger partial charge in [-0.05, 0) is 50.1 Å². The minimum atomic E-state index is -0.163. The summed E-state index contributed by atoms with van der Waals surface area (Å²) in [5.41, 5.74) is 3.96. The highest BCUT2D eigenvalue weighted by Gasteiger charge is 2.06. The van der Waals surface area contributed by atoms with Gasteiger partial charge in [-0.25, -0.2) is 4.39 Å². The molecular formula is C18H22FN. The van der Waals surface area contributed by atoms with E-state index >= 15 is 0 Å². The molecule has 2 heteroatoms. The maximum absolute atomic E-state index is 13.9. The van der Waals surface area contributed by atoms with Gasteiger partial charge in [0.05, 0.1) is 0 Å². The van der Waals surface area contributed by atoms with E-state index in [0.29, 0.717) is 11.6 Å². The standard InChI is InChI=1S/C18H22FN/c1-4-20-14(3)12-15-6-8-16(9-7-15)17-11-13(2)5-10-18(17)19/h5-11,14,20H,4,12H2,1-3H3. The molecule has 2 aromatic rings. The molecule has 0 aliphatic carbocycles. The first-order valence-electron chi connectivity index (χ1n) is 7.19. The average molecular weight is 271 g/mol. The van der Waals surface area contributed by atoms with Crippen molar-refractivity contribution in [2.45, 2.75) is 33.2 Å². The highest BCUT2D eigenvalue weighted by molar-refractivity contribution is 5.65. The molecule has 20 heavy (non-hydrogen) atoms. The Balaban J connectivity index is 2.17. The number of nitrogens with one attached hydrogen (secondary N) is 1. The third kappa shape index (κ3) is 3.67. The van der Waals surface area contributed by atoms with Crippen molar-refractivity contribution in [1.29, 1.82) is 0 Å². The van der Waals surface area contributed by atoms with Crippen LogP contribution in [-0.2, 0) is 6.42 Å². The molecule has 0 aliphatic rings. The molecule has 0 fully saturated rings. The number of likely N-dealkylation sites (N-methyl/N-ethyl adjacent to an activating group) is 1. The second-order valence-corrected chi connectivity index (χ2v) is 5.34. The predicted octanol–water partition coefficient (Wildman–Crippen LogP) is 4.34. The van der Waals surface area contributed by atoms with Gasteiger partial charge in [-0.2, -0.15) is 0 Å². The van der Waals surface area contributed by atoms with Crippen molar-refractivity contribution in [2.75, 3.05) is 6.54 Å². The van der Waals surface area contributed by atoms with E-state index in [-0.39, 0.29) is 5.82 Å². The van der Waals surface area contributed by atoms with E-state index in [9.17, 15) is 4.39 Å². The normalized spacial score (nSPS) is 12.4. The summed E-state index contributed by atoms with van der Waals surface area (Å²) in [4.78, 5) is 0. The zero-order valence-corrected chi connectivity index (χ0v) is 12.4. The SMILES string of the molecule is CCNC(C)Cc1ccc(-c2cc(C)ccc2F)cc1. The highest BCUT2D eigenvalue weighted by atomic mass is 19.1. The first-order chi connectivity index (χ1) is 9.60. The van der Waals surface area contributed by atoms with Gasteiger partial charge in [0.25, 0.3) is 0 Å². The molecule has 2 rings (SSSR count). The molecule has 0 aliphatic heterocycles. The van der Waals surface area contributed by atoms with Gasteiger partial charge >= 0.3 is 0 Å². The third-order valence-corrected chi connectivity index (χ3v) is 3.48. The van der Waals surface area contributed by atoms with Crippen LogP contribution in [0.2, 0.25) is 0 Å². The number of halogens is 1. The molecule has 1 N–H and O–H groups in total. The van der Waals surface area contributed by atoms with Crippen molar-refractivity contribution >= 4 is 0 Å². The van der Waals surface area contributed by atoms with Crippen LogP contribution in [0, 0.1) is 12.7 Å². The van der Waals surface area contributed by atoms with Crippen LogP contribution in [0.4, 0.5) is 4.39 Å². The quantitative estimate of drug-likeness (QED) is 0.853. The minimum Gasteiger partial charge on any atom is -0.314 e. The summed E-state index contributed by atoms with van der Waals surface area (Å²) in [6.07, 6.45) is 0.990. The predicted molar refractivity (Wildman–Crippen MR) is 83.4 cm³/mol. The number of rotatable bonds is 5. The van der Waals surface area contributed by atoms with Crippen LogP contribution in [0.25, 0.3) is 11.1 Å². The van der Waals surface area contributed by atoms with Crippen molar-refractivity contribution in [3.05, 3.63) is 59.4 Å². The van der Waals surface area contributed by atoms with Gasteiger partial charge in [0.1, 0.15) is 5.82 Å². The van der Waals surface area contributed by atoms with Gasteiger partial charge < -0.3 is 5.32 Å². The molecule has 0 spiro atoms. The van der Waals surface area contributed by atoms with Gasteiger partial charge in [-0.15, -0.1) is 0 Å².